The molecule has 1 rings (SSSR count). The molecule has 0 aliphatic rings. The molecule has 0 spiro atoms. The number of carbonyl (C=O) groups excluding carboxylic acids is 2. The number of nitrogens with one attached hydrogen (secondary N) is 1. The standard InChI is InChI=1S/C17H26N2O2/c1-7-19(8-2)16(21)17(5,6)15(20)18-14-10-9-12(3)13(4)11-14/h9-11H,7-8H2,1-6H3,(H,18,20). The summed E-state index contributed by atoms with van der Waals surface area (Å²) >= 11 is 0. The van der Waals surface area contributed by atoms with Crippen LogP contribution in [-0.4, -0.2) is 29.8 Å². The zero-order chi connectivity index (χ0) is 16.2. The third-order valence-electron chi connectivity index (χ3n) is 3.92. The van der Waals surface area contributed by atoms with Crippen LogP contribution in [0.3, 0.4) is 0 Å². The van der Waals surface area contributed by atoms with Gasteiger partial charge in [-0.25, -0.2) is 0 Å². The van der Waals surface area contributed by atoms with Crippen molar-refractivity contribution in [2.75, 3.05) is 18.4 Å². The Morgan fingerprint density at radius 1 is 1.10 bits per heavy atom. The zero-order valence-electron chi connectivity index (χ0n) is 13.9. The number of amides is 2. The summed E-state index contributed by atoms with van der Waals surface area (Å²) in [4.78, 5) is 26.6. The van der Waals surface area contributed by atoms with Crippen molar-refractivity contribution in [2.45, 2.75) is 41.5 Å². The molecular formula is C17H26N2O2. The summed E-state index contributed by atoms with van der Waals surface area (Å²) < 4.78 is 0. The van der Waals surface area contributed by atoms with Gasteiger partial charge in [0.05, 0.1) is 0 Å². The second-order valence-electron chi connectivity index (χ2n) is 5.86. The van der Waals surface area contributed by atoms with Crippen LogP contribution in [0.5, 0.6) is 0 Å². The summed E-state index contributed by atoms with van der Waals surface area (Å²) in [6.45, 7) is 12.4. The van der Waals surface area contributed by atoms with E-state index >= 15 is 0 Å². The molecule has 116 valence electrons. The smallest absolute Gasteiger partial charge is 0.239 e. The van der Waals surface area contributed by atoms with Crippen LogP contribution in [0, 0.1) is 19.3 Å². The van der Waals surface area contributed by atoms with Crippen molar-refractivity contribution in [1.82, 2.24) is 4.90 Å². The third kappa shape index (κ3) is 3.84. The van der Waals surface area contributed by atoms with Crippen LogP contribution in [0.4, 0.5) is 5.69 Å². The van der Waals surface area contributed by atoms with Gasteiger partial charge >= 0.3 is 0 Å². The number of rotatable bonds is 5. The molecule has 2 amide bonds. The Morgan fingerprint density at radius 3 is 2.14 bits per heavy atom. The highest BCUT2D eigenvalue weighted by atomic mass is 16.2. The molecule has 1 N–H and O–H groups in total. The van der Waals surface area contributed by atoms with Gasteiger partial charge in [0.25, 0.3) is 0 Å². The Balaban J connectivity index is 2.90. The third-order valence-corrected chi connectivity index (χ3v) is 3.92. The van der Waals surface area contributed by atoms with Gasteiger partial charge in [-0.3, -0.25) is 9.59 Å². The lowest BCUT2D eigenvalue weighted by Crippen LogP contribution is -2.47. The topological polar surface area (TPSA) is 49.4 Å². The summed E-state index contributed by atoms with van der Waals surface area (Å²) in [5.74, 6) is -0.420. The van der Waals surface area contributed by atoms with E-state index in [0.717, 1.165) is 11.3 Å². The molecule has 4 heteroatoms. The van der Waals surface area contributed by atoms with Crippen LogP contribution in [0.1, 0.15) is 38.8 Å². The summed E-state index contributed by atoms with van der Waals surface area (Å²) in [5.41, 5.74) is 1.93. The van der Waals surface area contributed by atoms with E-state index < -0.39 is 5.41 Å². The van der Waals surface area contributed by atoms with Gasteiger partial charge in [0, 0.05) is 18.8 Å². The van der Waals surface area contributed by atoms with Gasteiger partial charge in [0.2, 0.25) is 11.8 Å². The number of hydrogen-bond acceptors (Lipinski definition) is 2. The number of anilines is 1. The van der Waals surface area contributed by atoms with Gasteiger partial charge in [-0.1, -0.05) is 6.07 Å². The van der Waals surface area contributed by atoms with E-state index in [0.29, 0.717) is 13.1 Å². The Bertz CT molecular complexity index is 532. The van der Waals surface area contributed by atoms with E-state index in [1.165, 1.54) is 5.56 Å². The fourth-order valence-electron chi connectivity index (χ4n) is 2.11. The molecule has 0 heterocycles. The van der Waals surface area contributed by atoms with Crippen LogP contribution in [-0.2, 0) is 9.59 Å². The number of aryl methyl sites for hydroxylation is 2. The van der Waals surface area contributed by atoms with E-state index in [9.17, 15) is 9.59 Å². The summed E-state index contributed by atoms with van der Waals surface area (Å²) in [6.07, 6.45) is 0. The molecule has 1 aromatic rings. The number of carbonyl (C=O) groups is 2. The molecule has 0 saturated heterocycles. The van der Waals surface area contributed by atoms with Crippen molar-refractivity contribution in [1.29, 1.82) is 0 Å². The van der Waals surface area contributed by atoms with Crippen LogP contribution in [0.25, 0.3) is 0 Å². The lowest BCUT2D eigenvalue weighted by atomic mass is 9.90. The average molecular weight is 290 g/mol. The largest absolute Gasteiger partial charge is 0.342 e. The zero-order valence-corrected chi connectivity index (χ0v) is 13.9. The van der Waals surface area contributed by atoms with Crippen molar-refractivity contribution in [3.05, 3.63) is 29.3 Å². The summed E-state index contributed by atoms with van der Waals surface area (Å²) in [5, 5.41) is 2.85. The van der Waals surface area contributed by atoms with Crippen molar-refractivity contribution < 1.29 is 9.59 Å². The van der Waals surface area contributed by atoms with Gasteiger partial charge in [0.1, 0.15) is 5.41 Å². The second kappa shape index (κ2) is 6.74. The Hall–Kier alpha value is -1.84. The second-order valence-corrected chi connectivity index (χ2v) is 5.86. The molecule has 0 radical (unpaired) electrons. The van der Waals surface area contributed by atoms with Gasteiger partial charge in [-0.15, -0.1) is 0 Å². The monoisotopic (exact) mass is 290 g/mol. The van der Waals surface area contributed by atoms with Gasteiger partial charge in [-0.2, -0.15) is 0 Å². The van der Waals surface area contributed by atoms with Crippen molar-refractivity contribution in [3.8, 4) is 0 Å². The van der Waals surface area contributed by atoms with E-state index in [4.69, 9.17) is 0 Å². The summed E-state index contributed by atoms with van der Waals surface area (Å²) in [6, 6.07) is 5.74. The quantitative estimate of drug-likeness (QED) is 0.847. The molecule has 0 fully saturated rings. The van der Waals surface area contributed by atoms with Crippen molar-refractivity contribution in [2.24, 2.45) is 5.41 Å². The number of hydrogen-bond donors (Lipinski definition) is 1. The maximum Gasteiger partial charge on any atom is 0.239 e. The van der Waals surface area contributed by atoms with Crippen molar-refractivity contribution in [3.63, 3.8) is 0 Å². The minimum absolute atomic E-state index is 0.145. The van der Waals surface area contributed by atoms with Gasteiger partial charge in [-0.05, 0) is 64.8 Å². The normalized spacial score (nSPS) is 11.1. The molecule has 0 aliphatic carbocycles. The first-order chi connectivity index (χ1) is 9.73. The molecular weight excluding hydrogens is 264 g/mol. The minimum atomic E-state index is -1.08. The molecule has 0 atom stereocenters. The van der Waals surface area contributed by atoms with Gasteiger partial charge < -0.3 is 10.2 Å². The van der Waals surface area contributed by atoms with Crippen LogP contribution in [0.2, 0.25) is 0 Å². The van der Waals surface area contributed by atoms with E-state index in [1.807, 2.05) is 45.9 Å². The first kappa shape index (κ1) is 17.2. The van der Waals surface area contributed by atoms with Gasteiger partial charge in [0.15, 0.2) is 0 Å². The molecule has 1 aromatic carbocycles. The van der Waals surface area contributed by atoms with E-state index in [1.54, 1.807) is 18.7 Å². The fourth-order valence-corrected chi connectivity index (χ4v) is 2.11. The molecule has 21 heavy (non-hydrogen) atoms. The number of benzene rings is 1. The van der Waals surface area contributed by atoms with Crippen LogP contribution in [0.15, 0.2) is 18.2 Å². The first-order valence-corrected chi connectivity index (χ1v) is 7.42. The molecule has 0 bridgehead atoms. The Labute approximate surface area is 127 Å². The Kier molecular flexibility index (Phi) is 5.53. The van der Waals surface area contributed by atoms with Crippen molar-refractivity contribution >= 4 is 17.5 Å². The summed E-state index contributed by atoms with van der Waals surface area (Å²) in [7, 11) is 0. The molecule has 0 unspecified atom stereocenters. The highest BCUT2D eigenvalue weighted by molar-refractivity contribution is 6.09. The average Bonchev–Trinajstić information content (AvgIpc) is 2.44. The van der Waals surface area contributed by atoms with E-state index in [-0.39, 0.29) is 11.8 Å². The molecule has 0 saturated carbocycles. The van der Waals surface area contributed by atoms with Crippen LogP contribution < -0.4 is 5.32 Å². The highest BCUT2D eigenvalue weighted by Crippen LogP contribution is 2.23. The minimum Gasteiger partial charge on any atom is -0.342 e. The molecule has 4 nitrogen and oxygen atoms in total. The number of nitrogens with zero attached hydrogens (tertiary/aromatic N) is 1. The lowest BCUT2D eigenvalue weighted by molar-refractivity contribution is -0.146. The maximum absolute atomic E-state index is 12.4. The lowest BCUT2D eigenvalue weighted by Gasteiger charge is -2.29. The maximum atomic E-state index is 12.4. The van der Waals surface area contributed by atoms with Crippen LogP contribution >= 0.6 is 0 Å². The molecule has 0 aliphatic heterocycles. The highest BCUT2D eigenvalue weighted by Gasteiger charge is 2.38. The predicted molar refractivity (Wildman–Crippen MR) is 86.3 cm³/mol. The first-order valence-electron chi connectivity index (χ1n) is 7.42. The fraction of sp³-hybridized carbons (Fsp3) is 0.529. The molecule has 0 aromatic heterocycles. The SMILES string of the molecule is CCN(CC)C(=O)C(C)(C)C(=O)Nc1ccc(C)c(C)c1. The predicted octanol–water partition coefficient (Wildman–Crippen LogP) is 3.14. The Morgan fingerprint density at radius 2 is 1.67 bits per heavy atom. The van der Waals surface area contributed by atoms with E-state index in [2.05, 4.69) is 5.32 Å².